The first-order chi connectivity index (χ1) is 12.9. The van der Waals surface area contributed by atoms with Crippen molar-refractivity contribution < 1.29 is 23.5 Å². The van der Waals surface area contributed by atoms with Crippen LogP contribution in [-0.4, -0.2) is 24.5 Å². The third kappa shape index (κ3) is 4.19. The number of carbonyl (C=O) groups excluding carboxylic acids is 2. The number of anilines is 2. The number of ether oxygens (including phenoxy) is 2. The zero-order chi connectivity index (χ0) is 19.6. The first kappa shape index (κ1) is 18.7. The molecule has 0 saturated heterocycles. The van der Waals surface area contributed by atoms with E-state index in [4.69, 9.17) is 9.47 Å². The van der Waals surface area contributed by atoms with E-state index < -0.39 is 11.7 Å². The minimum atomic E-state index is -0.689. The van der Waals surface area contributed by atoms with Crippen LogP contribution in [0.5, 0.6) is 11.5 Å². The average molecular weight is 372 g/mol. The van der Waals surface area contributed by atoms with Gasteiger partial charge in [0, 0.05) is 30.7 Å². The van der Waals surface area contributed by atoms with Crippen LogP contribution < -0.4 is 20.1 Å². The molecule has 27 heavy (non-hydrogen) atoms. The summed E-state index contributed by atoms with van der Waals surface area (Å²) in [5.41, 5.74) is 1.56. The Kier molecular flexibility index (Phi) is 5.30. The van der Waals surface area contributed by atoms with Crippen LogP contribution in [0.4, 0.5) is 15.8 Å². The predicted octanol–water partition coefficient (Wildman–Crippen LogP) is 3.76. The topological polar surface area (TPSA) is 76.7 Å². The van der Waals surface area contributed by atoms with Crippen molar-refractivity contribution >= 4 is 23.2 Å². The Morgan fingerprint density at radius 3 is 2.74 bits per heavy atom. The maximum atomic E-state index is 14.2. The molecule has 7 heteroatoms. The summed E-state index contributed by atoms with van der Waals surface area (Å²) in [4.78, 5) is 23.8. The number of fused-ring (bicyclic) bond motifs is 1. The number of rotatable bonds is 5. The lowest BCUT2D eigenvalue weighted by Gasteiger charge is -2.14. The average Bonchev–Trinajstić information content (AvgIpc) is 2.95. The highest BCUT2D eigenvalue weighted by molar-refractivity contribution is 6.06. The Morgan fingerprint density at radius 2 is 2.04 bits per heavy atom. The van der Waals surface area contributed by atoms with Gasteiger partial charge >= 0.3 is 0 Å². The van der Waals surface area contributed by atoms with Crippen LogP contribution in [0.2, 0.25) is 0 Å². The molecule has 2 aromatic carbocycles. The maximum absolute atomic E-state index is 14.2. The van der Waals surface area contributed by atoms with Gasteiger partial charge in [-0.05, 0) is 38.1 Å². The van der Waals surface area contributed by atoms with Crippen LogP contribution >= 0.6 is 0 Å². The minimum absolute atomic E-state index is 0.0483. The monoisotopic (exact) mass is 372 g/mol. The van der Waals surface area contributed by atoms with Gasteiger partial charge in [-0.2, -0.15) is 0 Å². The minimum Gasteiger partial charge on any atom is -0.492 e. The summed E-state index contributed by atoms with van der Waals surface area (Å²) in [5.74, 6) is -0.469. The number of hydrogen-bond donors (Lipinski definition) is 2. The van der Waals surface area contributed by atoms with Crippen molar-refractivity contribution in [2.45, 2.75) is 33.3 Å². The number of nitrogens with one attached hydrogen (secondary N) is 2. The molecule has 1 atom stereocenters. The quantitative estimate of drug-likeness (QED) is 0.838. The summed E-state index contributed by atoms with van der Waals surface area (Å²) in [5, 5.41) is 5.21. The molecule has 0 fully saturated rings. The fourth-order valence-electron chi connectivity index (χ4n) is 2.98. The highest BCUT2D eigenvalue weighted by Gasteiger charge is 2.23. The molecule has 2 N–H and O–H groups in total. The number of carbonyl (C=O) groups is 2. The van der Waals surface area contributed by atoms with E-state index in [-0.39, 0.29) is 17.6 Å². The van der Waals surface area contributed by atoms with Crippen molar-refractivity contribution in [2.75, 3.05) is 17.2 Å². The summed E-state index contributed by atoms with van der Waals surface area (Å²) < 4.78 is 25.5. The number of benzene rings is 2. The van der Waals surface area contributed by atoms with E-state index in [2.05, 4.69) is 10.6 Å². The summed E-state index contributed by atoms with van der Waals surface area (Å²) >= 11 is 0. The third-order valence-corrected chi connectivity index (χ3v) is 4.08. The number of halogens is 1. The molecule has 142 valence electrons. The van der Waals surface area contributed by atoms with Crippen molar-refractivity contribution in [3.8, 4) is 11.5 Å². The van der Waals surface area contributed by atoms with Crippen molar-refractivity contribution in [2.24, 2.45) is 0 Å². The van der Waals surface area contributed by atoms with Gasteiger partial charge in [0.15, 0.2) is 0 Å². The molecule has 2 amide bonds. The lowest BCUT2D eigenvalue weighted by atomic mass is 10.1. The largest absolute Gasteiger partial charge is 0.492 e. The molecule has 0 spiro atoms. The van der Waals surface area contributed by atoms with E-state index >= 15 is 0 Å². The summed E-state index contributed by atoms with van der Waals surface area (Å²) in [6, 6.07) is 7.35. The molecule has 1 aliphatic heterocycles. The van der Waals surface area contributed by atoms with Crippen molar-refractivity contribution in [3.63, 3.8) is 0 Å². The molecule has 3 rings (SSSR count). The first-order valence-corrected chi connectivity index (χ1v) is 8.72. The number of amides is 2. The molecule has 2 aromatic rings. The first-order valence-electron chi connectivity index (χ1n) is 8.72. The second-order valence-electron chi connectivity index (χ2n) is 6.35. The molecule has 0 saturated carbocycles. The smallest absolute Gasteiger partial charge is 0.258 e. The van der Waals surface area contributed by atoms with Crippen LogP contribution in [-0.2, 0) is 11.2 Å². The molecule has 0 aromatic heterocycles. The zero-order valence-electron chi connectivity index (χ0n) is 15.4. The van der Waals surface area contributed by atoms with Gasteiger partial charge in [0.2, 0.25) is 5.91 Å². The normalized spacial score (nSPS) is 14.9. The molecular formula is C20H21FN2O4. The van der Waals surface area contributed by atoms with Gasteiger partial charge in [-0.15, -0.1) is 0 Å². The Morgan fingerprint density at radius 1 is 1.26 bits per heavy atom. The third-order valence-electron chi connectivity index (χ3n) is 4.08. The molecule has 1 heterocycles. The van der Waals surface area contributed by atoms with Gasteiger partial charge in [-0.3, -0.25) is 9.59 Å². The molecule has 0 radical (unpaired) electrons. The standard InChI is InChI=1S/C20H21FN2O4/c1-4-26-19-8-13-7-11(2)27-18(13)10-17(19)23-20(25)15-9-14(22-12(3)24)5-6-16(15)21/h5-6,8-11H,4,7H2,1-3H3,(H,22,24)(H,23,25). The summed E-state index contributed by atoms with van der Waals surface area (Å²) in [7, 11) is 0. The second kappa shape index (κ2) is 7.65. The van der Waals surface area contributed by atoms with Crippen LogP contribution in [0.1, 0.15) is 36.7 Å². The molecule has 1 unspecified atom stereocenters. The Labute approximate surface area is 156 Å². The molecule has 0 aliphatic carbocycles. The zero-order valence-corrected chi connectivity index (χ0v) is 15.4. The number of hydrogen-bond acceptors (Lipinski definition) is 4. The van der Waals surface area contributed by atoms with E-state index in [9.17, 15) is 14.0 Å². The summed E-state index contributed by atoms with van der Waals surface area (Å²) in [6.07, 6.45) is 0.809. The van der Waals surface area contributed by atoms with Crippen LogP contribution in [0, 0.1) is 5.82 Å². The highest BCUT2D eigenvalue weighted by atomic mass is 19.1. The molecule has 6 nitrogen and oxygen atoms in total. The highest BCUT2D eigenvalue weighted by Crippen LogP contribution is 2.38. The van der Waals surface area contributed by atoms with E-state index in [1.165, 1.54) is 19.1 Å². The van der Waals surface area contributed by atoms with Gasteiger partial charge in [-0.1, -0.05) is 0 Å². The molecular weight excluding hydrogens is 351 g/mol. The van der Waals surface area contributed by atoms with E-state index in [0.717, 1.165) is 18.1 Å². The van der Waals surface area contributed by atoms with E-state index in [1.807, 2.05) is 19.9 Å². The van der Waals surface area contributed by atoms with Crippen LogP contribution in [0.3, 0.4) is 0 Å². The molecule has 1 aliphatic rings. The predicted molar refractivity (Wildman–Crippen MR) is 100 cm³/mol. The second-order valence-corrected chi connectivity index (χ2v) is 6.35. The summed E-state index contributed by atoms with van der Waals surface area (Å²) in [6.45, 7) is 5.56. The fourth-order valence-corrected chi connectivity index (χ4v) is 2.98. The van der Waals surface area contributed by atoms with Crippen molar-refractivity contribution in [3.05, 3.63) is 47.3 Å². The lowest BCUT2D eigenvalue weighted by molar-refractivity contribution is -0.114. The van der Waals surface area contributed by atoms with Crippen LogP contribution in [0.15, 0.2) is 30.3 Å². The Balaban J connectivity index is 1.90. The Bertz CT molecular complexity index is 898. The Hall–Kier alpha value is -3.09. The van der Waals surface area contributed by atoms with Crippen LogP contribution in [0.25, 0.3) is 0 Å². The van der Waals surface area contributed by atoms with E-state index in [0.29, 0.717) is 29.5 Å². The molecule has 0 bridgehead atoms. The van der Waals surface area contributed by atoms with Gasteiger partial charge < -0.3 is 20.1 Å². The SMILES string of the molecule is CCOc1cc2c(cc1NC(=O)c1cc(NC(C)=O)ccc1F)OC(C)C2. The van der Waals surface area contributed by atoms with Crippen molar-refractivity contribution in [1.29, 1.82) is 0 Å². The maximum Gasteiger partial charge on any atom is 0.258 e. The van der Waals surface area contributed by atoms with Crippen molar-refractivity contribution in [1.82, 2.24) is 0 Å². The van der Waals surface area contributed by atoms with Gasteiger partial charge in [0.05, 0.1) is 17.9 Å². The fraction of sp³-hybridized carbons (Fsp3) is 0.300. The lowest BCUT2D eigenvalue weighted by Crippen LogP contribution is -2.16. The van der Waals surface area contributed by atoms with Gasteiger partial charge in [0.25, 0.3) is 5.91 Å². The van der Waals surface area contributed by atoms with Gasteiger partial charge in [0.1, 0.15) is 23.4 Å². The van der Waals surface area contributed by atoms with Gasteiger partial charge in [-0.25, -0.2) is 4.39 Å². The van der Waals surface area contributed by atoms with E-state index in [1.54, 1.807) is 6.07 Å².